The molecule has 1 heterocycles. The molecule has 1 amide bonds. The lowest BCUT2D eigenvalue weighted by Gasteiger charge is -2.20. The van der Waals surface area contributed by atoms with Crippen LogP contribution in [0.1, 0.15) is 6.42 Å². The summed E-state index contributed by atoms with van der Waals surface area (Å²) < 4.78 is 5.26. The molecule has 0 fully saturated rings. The first kappa shape index (κ1) is 9.99. The maximum Gasteiger partial charge on any atom is 0.245 e. The minimum Gasteiger partial charge on any atom is -0.377 e. The number of hydrogen-bond donors (Lipinski definition) is 0. The molecule has 0 spiro atoms. The predicted octanol–water partition coefficient (Wildman–Crippen LogP) is 0.977. The van der Waals surface area contributed by atoms with E-state index in [-0.39, 0.29) is 5.91 Å². The van der Waals surface area contributed by atoms with E-state index in [1.807, 2.05) is 0 Å². The van der Waals surface area contributed by atoms with Gasteiger partial charge in [-0.3, -0.25) is 4.79 Å². The van der Waals surface area contributed by atoms with Gasteiger partial charge in [0.1, 0.15) is 0 Å². The Morgan fingerprint density at radius 2 is 2.62 bits per heavy atom. The maximum atomic E-state index is 11.1. The number of nitrogens with zero attached hydrogens (tertiary/aromatic N) is 1. The third-order valence-electron chi connectivity index (χ3n) is 1.97. The molecule has 3 nitrogen and oxygen atoms in total. The van der Waals surface area contributed by atoms with Crippen molar-refractivity contribution in [3.05, 3.63) is 24.3 Å². The SMILES string of the molecule is C=CC(=O)N(C)CC1=CCCOC1. The van der Waals surface area contributed by atoms with Gasteiger partial charge in [-0.25, -0.2) is 0 Å². The molecule has 3 heteroatoms. The fourth-order valence-corrected chi connectivity index (χ4v) is 1.26. The monoisotopic (exact) mass is 181 g/mol. The lowest BCUT2D eigenvalue weighted by Crippen LogP contribution is -2.28. The van der Waals surface area contributed by atoms with E-state index >= 15 is 0 Å². The summed E-state index contributed by atoms with van der Waals surface area (Å²) in [4.78, 5) is 12.8. The van der Waals surface area contributed by atoms with E-state index < -0.39 is 0 Å². The first-order valence-corrected chi connectivity index (χ1v) is 4.37. The summed E-state index contributed by atoms with van der Waals surface area (Å²) in [5.74, 6) is -0.0496. The van der Waals surface area contributed by atoms with Gasteiger partial charge in [-0.2, -0.15) is 0 Å². The van der Waals surface area contributed by atoms with Gasteiger partial charge in [0.05, 0.1) is 13.2 Å². The molecule has 0 unspecified atom stereocenters. The number of rotatable bonds is 3. The quantitative estimate of drug-likeness (QED) is 0.480. The first-order chi connectivity index (χ1) is 6.24. The predicted molar refractivity (Wildman–Crippen MR) is 51.4 cm³/mol. The molecule has 0 aromatic rings. The lowest BCUT2D eigenvalue weighted by molar-refractivity contribution is -0.124. The molecule has 72 valence electrons. The molecule has 0 N–H and O–H groups in total. The third kappa shape index (κ3) is 3.03. The van der Waals surface area contributed by atoms with Crippen LogP contribution >= 0.6 is 0 Å². The van der Waals surface area contributed by atoms with Gasteiger partial charge in [0, 0.05) is 13.6 Å². The molecule has 13 heavy (non-hydrogen) atoms. The van der Waals surface area contributed by atoms with Crippen molar-refractivity contribution in [3.63, 3.8) is 0 Å². The van der Waals surface area contributed by atoms with E-state index in [9.17, 15) is 4.79 Å². The standard InChI is InChI=1S/C10H15NO2/c1-3-10(12)11(2)7-9-5-4-6-13-8-9/h3,5H,1,4,6-8H2,2H3. The fourth-order valence-electron chi connectivity index (χ4n) is 1.26. The molecule has 0 bridgehead atoms. The smallest absolute Gasteiger partial charge is 0.245 e. The summed E-state index contributed by atoms with van der Waals surface area (Å²) in [6.07, 6.45) is 4.41. The second kappa shape index (κ2) is 4.82. The number of carbonyl (C=O) groups is 1. The molecular weight excluding hydrogens is 166 g/mol. The van der Waals surface area contributed by atoms with E-state index in [0.29, 0.717) is 13.2 Å². The van der Waals surface area contributed by atoms with Crippen molar-refractivity contribution in [3.8, 4) is 0 Å². The summed E-state index contributed by atoms with van der Waals surface area (Å²) in [6.45, 7) is 5.52. The summed E-state index contributed by atoms with van der Waals surface area (Å²) in [7, 11) is 1.76. The lowest BCUT2D eigenvalue weighted by atomic mass is 10.2. The highest BCUT2D eigenvalue weighted by atomic mass is 16.5. The highest BCUT2D eigenvalue weighted by Gasteiger charge is 2.09. The van der Waals surface area contributed by atoms with Gasteiger partial charge < -0.3 is 9.64 Å². The zero-order valence-corrected chi connectivity index (χ0v) is 7.95. The van der Waals surface area contributed by atoms with Gasteiger partial charge in [0.25, 0.3) is 0 Å². The van der Waals surface area contributed by atoms with Crippen molar-refractivity contribution >= 4 is 5.91 Å². The van der Waals surface area contributed by atoms with Crippen LogP contribution in [0.5, 0.6) is 0 Å². The van der Waals surface area contributed by atoms with Gasteiger partial charge in [-0.1, -0.05) is 12.7 Å². The number of likely N-dealkylation sites (N-methyl/N-ethyl adjacent to an activating group) is 1. The average Bonchev–Trinajstić information content (AvgIpc) is 2.18. The van der Waals surface area contributed by atoms with E-state index in [2.05, 4.69) is 12.7 Å². The number of ether oxygens (including phenoxy) is 1. The zero-order chi connectivity index (χ0) is 9.68. The first-order valence-electron chi connectivity index (χ1n) is 4.37. The molecule has 0 saturated carbocycles. The highest BCUT2D eigenvalue weighted by molar-refractivity contribution is 5.86. The molecule has 0 aromatic heterocycles. The van der Waals surface area contributed by atoms with Crippen LogP contribution < -0.4 is 0 Å². The fraction of sp³-hybridized carbons (Fsp3) is 0.500. The van der Waals surface area contributed by atoms with E-state index in [1.165, 1.54) is 11.6 Å². The largest absolute Gasteiger partial charge is 0.377 e. The molecular formula is C10H15NO2. The van der Waals surface area contributed by atoms with Gasteiger partial charge in [-0.15, -0.1) is 0 Å². The molecule has 0 saturated heterocycles. The Morgan fingerprint density at radius 1 is 1.85 bits per heavy atom. The summed E-state index contributed by atoms with van der Waals surface area (Å²) in [5, 5.41) is 0. The molecule has 1 aliphatic rings. The van der Waals surface area contributed by atoms with Crippen molar-refractivity contribution < 1.29 is 9.53 Å². The maximum absolute atomic E-state index is 11.1. The highest BCUT2D eigenvalue weighted by Crippen LogP contribution is 2.06. The molecule has 1 aliphatic heterocycles. The zero-order valence-electron chi connectivity index (χ0n) is 7.95. The summed E-state index contributed by atoms with van der Waals surface area (Å²) in [5.41, 5.74) is 1.17. The van der Waals surface area contributed by atoms with Crippen LogP contribution in [0.2, 0.25) is 0 Å². The molecule has 0 atom stereocenters. The van der Waals surface area contributed by atoms with Crippen LogP contribution in [-0.2, 0) is 9.53 Å². The second-order valence-corrected chi connectivity index (χ2v) is 3.10. The van der Waals surface area contributed by atoms with Crippen LogP contribution in [0.3, 0.4) is 0 Å². The van der Waals surface area contributed by atoms with E-state index in [1.54, 1.807) is 11.9 Å². The van der Waals surface area contributed by atoms with E-state index in [0.717, 1.165) is 13.0 Å². The van der Waals surface area contributed by atoms with Crippen LogP contribution in [-0.4, -0.2) is 37.6 Å². The van der Waals surface area contributed by atoms with Crippen LogP contribution in [0.25, 0.3) is 0 Å². The summed E-state index contributed by atoms with van der Waals surface area (Å²) >= 11 is 0. The van der Waals surface area contributed by atoms with Crippen molar-refractivity contribution in [1.29, 1.82) is 0 Å². The van der Waals surface area contributed by atoms with Gasteiger partial charge in [0.15, 0.2) is 0 Å². The Morgan fingerprint density at radius 3 is 3.15 bits per heavy atom. The van der Waals surface area contributed by atoms with Crippen molar-refractivity contribution in [2.45, 2.75) is 6.42 Å². The second-order valence-electron chi connectivity index (χ2n) is 3.10. The molecule has 0 aromatic carbocycles. The van der Waals surface area contributed by atoms with Crippen LogP contribution in [0, 0.1) is 0 Å². The Labute approximate surface area is 78.7 Å². The molecule has 1 rings (SSSR count). The van der Waals surface area contributed by atoms with Gasteiger partial charge in [-0.05, 0) is 18.1 Å². The van der Waals surface area contributed by atoms with Crippen LogP contribution in [0.15, 0.2) is 24.3 Å². The Kier molecular flexibility index (Phi) is 3.71. The molecule has 0 radical (unpaired) electrons. The number of amides is 1. The minimum atomic E-state index is -0.0496. The normalized spacial score (nSPS) is 16.2. The van der Waals surface area contributed by atoms with E-state index in [4.69, 9.17) is 4.74 Å². The van der Waals surface area contributed by atoms with Crippen molar-refractivity contribution in [1.82, 2.24) is 4.90 Å². The number of hydrogen-bond acceptors (Lipinski definition) is 2. The average molecular weight is 181 g/mol. The minimum absolute atomic E-state index is 0.0496. The van der Waals surface area contributed by atoms with Crippen LogP contribution in [0.4, 0.5) is 0 Å². The molecule has 0 aliphatic carbocycles. The van der Waals surface area contributed by atoms with Gasteiger partial charge >= 0.3 is 0 Å². The topological polar surface area (TPSA) is 29.5 Å². The Hall–Kier alpha value is -1.09. The third-order valence-corrected chi connectivity index (χ3v) is 1.97. The Bertz CT molecular complexity index is 233. The number of carbonyl (C=O) groups excluding carboxylic acids is 1. The Balaban J connectivity index is 2.42. The van der Waals surface area contributed by atoms with Crippen molar-refractivity contribution in [2.75, 3.05) is 26.8 Å². The van der Waals surface area contributed by atoms with Gasteiger partial charge in [0.2, 0.25) is 5.91 Å². The summed E-state index contributed by atoms with van der Waals surface area (Å²) in [6, 6.07) is 0. The van der Waals surface area contributed by atoms with Crippen molar-refractivity contribution in [2.24, 2.45) is 0 Å².